The number of halogens is 1. The van der Waals surface area contributed by atoms with E-state index in [-0.39, 0.29) is 5.82 Å². The summed E-state index contributed by atoms with van der Waals surface area (Å²) in [5.41, 5.74) is 4.38. The molecule has 27 heavy (non-hydrogen) atoms. The number of nitrogens with one attached hydrogen (secondary N) is 1. The summed E-state index contributed by atoms with van der Waals surface area (Å²) in [5, 5.41) is 8.55. The normalized spacial score (nSPS) is 17.4. The molecule has 0 bridgehead atoms. The Kier molecular flexibility index (Phi) is 3.82. The van der Waals surface area contributed by atoms with Gasteiger partial charge in [-0.2, -0.15) is 16.9 Å². The highest BCUT2D eigenvalue weighted by atomic mass is 32.2. The molecule has 3 aromatic heterocycles. The molecule has 6 nitrogen and oxygen atoms in total. The molecule has 0 amide bonds. The van der Waals surface area contributed by atoms with Gasteiger partial charge in [0.25, 0.3) is 0 Å². The predicted molar refractivity (Wildman–Crippen MR) is 107 cm³/mol. The van der Waals surface area contributed by atoms with Crippen LogP contribution in [0.15, 0.2) is 30.6 Å². The van der Waals surface area contributed by atoms with Crippen molar-refractivity contribution in [2.24, 2.45) is 0 Å². The second-order valence-corrected chi connectivity index (χ2v) is 8.00. The van der Waals surface area contributed by atoms with Crippen LogP contribution in [-0.2, 0) is 0 Å². The Hall–Kier alpha value is -2.61. The van der Waals surface area contributed by atoms with Crippen molar-refractivity contribution in [3.05, 3.63) is 42.1 Å². The minimum Gasteiger partial charge on any atom is -0.340 e. The van der Waals surface area contributed by atoms with E-state index in [2.05, 4.69) is 26.3 Å². The number of anilines is 1. The lowest BCUT2D eigenvalue weighted by molar-refractivity contribution is 0.629. The van der Waals surface area contributed by atoms with Gasteiger partial charge in [-0.05, 0) is 37.8 Å². The smallest absolute Gasteiger partial charge is 0.225 e. The van der Waals surface area contributed by atoms with Crippen LogP contribution in [-0.4, -0.2) is 49.3 Å². The highest BCUT2D eigenvalue weighted by molar-refractivity contribution is 7.99. The summed E-state index contributed by atoms with van der Waals surface area (Å²) >= 11 is 1.90. The Morgan fingerprint density at radius 3 is 2.93 bits per heavy atom. The molecule has 0 radical (unpaired) electrons. The molecule has 4 heterocycles. The lowest BCUT2D eigenvalue weighted by Crippen LogP contribution is -2.23. The first kappa shape index (κ1) is 16.6. The summed E-state index contributed by atoms with van der Waals surface area (Å²) < 4.78 is 15.8. The summed E-state index contributed by atoms with van der Waals surface area (Å²) in [7, 11) is 0. The maximum atomic E-state index is 13.8. The minimum absolute atomic E-state index is 0.267. The first-order valence-electron chi connectivity index (χ1n) is 8.90. The highest BCUT2D eigenvalue weighted by Crippen LogP contribution is 2.32. The van der Waals surface area contributed by atoms with E-state index in [4.69, 9.17) is 4.98 Å². The van der Waals surface area contributed by atoms with Gasteiger partial charge >= 0.3 is 0 Å². The number of H-pyrrole nitrogens is 1. The topological polar surface area (TPSA) is 62.6 Å². The maximum absolute atomic E-state index is 13.8. The number of hydrogen-bond acceptors (Lipinski definition) is 5. The van der Waals surface area contributed by atoms with Gasteiger partial charge in [0.15, 0.2) is 0 Å². The monoisotopic (exact) mass is 382 g/mol. The molecule has 1 N–H and O–H groups in total. The van der Waals surface area contributed by atoms with E-state index in [1.54, 1.807) is 12.3 Å². The van der Waals surface area contributed by atoms with Crippen LogP contribution >= 0.6 is 11.8 Å². The molecule has 1 fully saturated rings. The molecule has 0 aliphatic carbocycles. The van der Waals surface area contributed by atoms with E-state index < -0.39 is 0 Å². The van der Waals surface area contributed by atoms with Crippen LogP contribution < -0.4 is 4.90 Å². The molecule has 5 rings (SSSR count). The summed E-state index contributed by atoms with van der Waals surface area (Å²) in [6.45, 7) is 3.96. The molecule has 8 heteroatoms. The Morgan fingerprint density at radius 2 is 2.15 bits per heavy atom. The average molecular weight is 382 g/mol. The fourth-order valence-corrected chi connectivity index (χ4v) is 4.53. The van der Waals surface area contributed by atoms with Gasteiger partial charge in [-0.3, -0.25) is 5.10 Å². The Bertz CT molecular complexity index is 1150. The van der Waals surface area contributed by atoms with Crippen molar-refractivity contribution in [3.8, 4) is 5.69 Å². The van der Waals surface area contributed by atoms with Gasteiger partial charge in [0.1, 0.15) is 5.82 Å². The summed E-state index contributed by atoms with van der Waals surface area (Å²) in [6, 6.07) is 4.79. The van der Waals surface area contributed by atoms with E-state index in [0.717, 1.165) is 58.8 Å². The van der Waals surface area contributed by atoms with Gasteiger partial charge in [0.2, 0.25) is 5.95 Å². The number of nitrogens with zero attached hydrogens (tertiary/aromatic N) is 5. The molecular formula is C19H19FN6S. The zero-order chi connectivity index (χ0) is 18.5. The zero-order valence-electron chi connectivity index (χ0n) is 15.1. The largest absolute Gasteiger partial charge is 0.340 e. The number of thioether (sulfide) groups is 1. The van der Waals surface area contributed by atoms with Crippen LogP contribution in [0.4, 0.5) is 10.3 Å². The maximum Gasteiger partial charge on any atom is 0.225 e. The number of aromatic amines is 1. The molecule has 1 aliphatic rings. The van der Waals surface area contributed by atoms with E-state index in [1.165, 1.54) is 12.1 Å². The minimum atomic E-state index is -0.267. The van der Waals surface area contributed by atoms with Crippen LogP contribution in [0, 0.1) is 12.7 Å². The third kappa shape index (κ3) is 2.58. The molecule has 1 saturated heterocycles. The number of aromatic nitrogens is 5. The van der Waals surface area contributed by atoms with Crippen LogP contribution in [0.25, 0.3) is 27.6 Å². The van der Waals surface area contributed by atoms with Crippen molar-refractivity contribution >= 4 is 39.6 Å². The first-order valence-corrected chi connectivity index (χ1v) is 10.2. The van der Waals surface area contributed by atoms with Gasteiger partial charge in [0.05, 0.1) is 40.3 Å². The highest BCUT2D eigenvalue weighted by Gasteiger charge is 2.24. The number of hydrogen-bond donors (Lipinski definition) is 1. The zero-order valence-corrected chi connectivity index (χ0v) is 15.9. The summed E-state index contributed by atoms with van der Waals surface area (Å²) in [6.07, 6.45) is 6.93. The standard InChI is InChI=1S/C19H19FN6S/c1-11-16(8-21-19(23-11)25-6-5-13(10-25)27-2)26-15-4-3-12(20)7-14(15)18-17(26)9-22-24-18/h3-4,7-9,13H,5-6,10H2,1-2H3,(H,22,24). The molecule has 1 unspecified atom stereocenters. The van der Waals surface area contributed by atoms with Crippen molar-refractivity contribution in [1.82, 2.24) is 24.7 Å². The van der Waals surface area contributed by atoms with E-state index in [0.29, 0.717) is 5.25 Å². The predicted octanol–water partition coefficient (Wildman–Crippen LogP) is 3.69. The third-order valence-corrected chi connectivity index (χ3v) is 6.32. The van der Waals surface area contributed by atoms with Crippen LogP contribution in [0.3, 0.4) is 0 Å². The molecule has 0 saturated carbocycles. The van der Waals surface area contributed by atoms with Crippen molar-refractivity contribution in [3.63, 3.8) is 0 Å². The van der Waals surface area contributed by atoms with Gasteiger partial charge in [0, 0.05) is 23.7 Å². The van der Waals surface area contributed by atoms with E-state index >= 15 is 0 Å². The lowest BCUT2D eigenvalue weighted by Gasteiger charge is -2.18. The lowest BCUT2D eigenvalue weighted by atomic mass is 10.2. The van der Waals surface area contributed by atoms with Crippen LogP contribution in [0.2, 0.25) is 0 Å². The van der Waals surface area contributed by atoms with Crippen molar-refractivity contribution in [1.29, 1.82) is 0 Å². The van der Waals surface area contributed by atoms with Crippen LogP contribution in [0.1, 0.15) is 12.1 Å². The number of rotatable bonds is 3. The Labute approximate surface area is 159 Å². The van der Waals surface area contributed by atoms with Crippen molar-refractivity contribution in [2.75, 3.05) is 24.2 Å². The van der Waals surface area contributed by atoms with Gasteiger partial charge < -0.3 is 9.47 Å². The Balaban J connectivity index is 1.63. The van der Waals surface area contributed by atoms with Gasteiger partial charge in [-0.25, -0.2) is 14.4 Å². The van der Waals surface area contributed by atoms with E-state index in [9.17, 15) is 4.39 Å². The fourth-order valence-electron chi connectivity index (χ4n) is 3.86. The SMILES string of the molecule is CSC1CCN(c2ncc(-n3c4ccc(F)cc4c4[nH]ncc43)c(C)n2)C1. The number of aryl methyl sites for hydroxylation is 1. The summed E-state index contributed by atoms with van der Waals surface area (Å²) in [5.74, 6) is 0.510. The average Bonchev–Trinajstić information content (AvgIpc) is 3.38. The second-order valence-electron chi connectivity index (χ2n) is 6.86. The van der Waals surface area contributed by atoms with Gasteiger partial charge in [-0.15, -0.1) is 0 Å². The quantitative estimate of drug-likeness (QED) is 0.586. The van der Waals surface area contributed by atoms with E-state index in [1.807, 2.05) is 29.4 Å². The van der Waals surface area contributed by atoms with Crippen molar-refractivity contribution < 1.29 is 4.39 Å². The first-order chi connectivity index (χ1) is 13.2. The molecule has 1 atom stereocenters. The molecule has 138 valence electrons. The third-order valence-electron chi connectivity index (χ3n) is 5.27. The second kappa shape index (κ2) is 6.23. The number of fused-ring (bicyclic) bond motifs is 3. The molecule has 1 aliphatic heterocycles. The molecule has 1 aromatic carbocycles. The fraction of sp³-hybridized carbons (Fsp3) is 0.316. The molecule has 0 spiro atoms. The molecule has 4 aromatic rings. The van der Waals surface area contributed by atoms with Crippen molar-refractivity contribution in [2.45, 2.75) is 18.6 Å². The van der Waals surface area contributed by atoms with Crippen LogP contribution in [0.5, 0.6) is 0 Å². The number of benzene rings is 1. The Morgan fingerprint density at radius 1 is 1.26 bits per heavy atom. The van der Waals surface area contributed by atoms with Gasteiger partial charge in [-0.1, -0.05) is 0 Å². The molecular weight excluding hydrogens is 363 g/mol. The summed E-state index contributed by atoms with van der Waals surface area (Å²) in [4.78, 5) is 11.7.